The smallest absolute Gasteiger partial charge is 0.335 e. The molecule has 0 bridgehead atoms. The summed E-state index contributed by atoms with van der Waals surface area (Å²) in [6, 6.07) is 9.15. The molecule has 0 aromatic heterocycles. The minimum Gasteiger partial charge on any atom is -0.478 e. The first-order valence-electron chi connectivity index (χ1n) is 6.14. The monoisotopic (exact) mass is 292 g/mol. The topological polar surface area (TPSA) is 115 Å². The minimum atomic E-state index is -0.996. The van der Waals surface area contributed by atoms with E-state index in [4.69, 9.17) is 20.4 Å². The van der Waals surface area contributed by atoms with Gasteiger partial charge in [-0.25, -0.2) is 9.59 Å². The highest BCUT2D eigenvalue weighted by Crippen LogP contribution is 2.18. The number of fused-ring (bicyclic) bond motifs is 1. The van der Waals surface area contributed by atoms with E-state index in [2.05, 4.69) is 0 Å². The van der Waals surface area contributed by atoms with E-state index in [9.17, 15) is 9.59 Å². The number of carbonyl (C=O) groups is 2. The molecule has 2 rings (SSSR count). The number of aliphatic hydroxyl groups excluding tert-OH is 2. The van der Waals surface area contributed by atoms with Gasteiger partial charge in [-0.1, -0.05) is 12.1 Å². The van der Waals surface area contributed by atoms with Crippen LogP contribution in [-0.2, 0) is 0 Å². The van der Waals surface area contributed by atoms with E-state index in [0.717, 1.165) is 0 Å². The van der Waals surface area contributed by atoms with Crippen LogP contribution in [-0.4, -0.2) is 45.1 Å². The molecule has 0 aliphatic rings. The normalized spacial score (nSPS) is 11.4. The van der Waals surface area contributed by atoms with Crippen LogP contribution in [0.2, 0.25) is 0 Å². The summed E-state index contributed by atoms with van der Waals surface area (Å²) < 4.78 is 0. The Balaban J connectivity index is 0.000000383. The van der Waals surface area contributed by atoms with Crippen molar-refractivity contribution >= 4 is 22.7 Å². The van der Waals surface area contributed by atoms with Gasteiger partial charge in [0.25, 0.3) is 0 Å². The molecular formula is C15H16O6. The van der Waals surface area contributed by atoms with Gasteiger partial charge in [-0.3, -0.25) is 0 Å². The van der Waals surface area contributed by atoms with Gasteiger partial charge in [0.05, 0.1) is 23.8 Å². The molecule has 1 atom stereocenters. The Kier molecular flexibility index (Phi) is 5.83. The molecule has 0 spiro atoms. The highest BCUT2D eigenvalue weighted by atomic mass is 16.4. The summed E-state index contributed by atoms with van der Waals surface area (Å²) in [5.74, 6) is -1.99. The number of aliphatic hydroxyl groups is 2. The molecule has 0 aliphatic carbocycles. The predicted octanol–water partition coefficient (Wildman–Crippen LogP) is 1.60. The molecule has 21 heavy (non-hydrogen) atoms. The summed E-state index contributed by atoms with van der Waals surface area (Å²) >= 11 is 0. The Labute approximate surface area is 120 Å². The fourth-order valence-electron chi connectivity index (χ4n) is 1.51. The maximum Gasteiger partial charge on any atom is 0.335 e. The molecule has 1 unspecified atom stereocenters. The Morgan fingerprint density at radius 2 is 1.29 bits per heavy atom. The molecule has 0 saturated carbocycles. The van der Waals surface area contributed by atoms with Crippen LogP contribution in [0.15, 0.2) is 36.4 Å². The maximum atomic E-state index is 10.7. The van der Waals surface area contributed by atoms with Crippen molar-refractivity contribution in [1.82, 2.24) is 0 Å². The number of benzene rings is 2. The zero-order chi connectivity index (χ0) is 16.0. The summed E-state index contributed by atoms with van der Waals surface area (Å²) in [6.07, 6.45) is -0.560. The van der Waals surface area contributed by atoms with Crippen molar-refractivity contribution in [3.8, 4) is 0 Å². The molecule has 6 nitrogen and oxygen atoms in total. The average molecular weight is 292 g/mol. The van der Waals surface area contributed by atoms with Gasteiger partial charge in [-0.05, 0) is 42.0 Å². The number of hydrogen-bond acceptors (Lipinski definition) is 4. The lowest BCUT2D eigenvalue weighted by Crippen LogP contribution is -2.03. The van der Waals surface area contributed by atoms with Gasteiger partial charge in [0.2, 0.25) is 0 Å². The number of rotatable bonds is 3. The first kappa shape index (κ1) is 16.6. The van der Waals surface area contributed by atoms with E-state index in [1.807, 2.05) is 0 Å². The van der Waals surface area contributed by atoms with Gasteiger partial charge in [0.15, 0.2) is 0 Å². The van der Waals surface area contributed by atoms with Crippen LogP contribution in [0.3, 0.4) is 0 Å². The molecule has 2 aromatic rings. The van der Waals surface area contributed by atoms with E-state index in [0.29, 0.717) is 10.8 Å². The van der Waals surface area contributed by atoms with E-state index in [1.54, 1.807) is 12.1 Å². The summed E-state index contributed by atoms with van der Waals surface area (Å²) in [6.45, 7) is 1.39. The van der Waals surface area contributed by atoms with E-state index in [-0.39, 0.29) is 17.7 Å². The second-order valence-corrected chi connectivity index (χ2v) is 4.42. The Bertz CT molecular complexity index is 594. The molecule has 0 heterocycles. The van der Waals surface area contributed by atoms with Crippen LogP contribution in [0, 0.1) is 0 Å². The van der Waals surface area contributed by atoms with Crippen molar-refractivity contribution in [1.29, 1.82) is 0 Å². The molecule has 4 N–H and O–H groups in total. The van der Waals surface area contributed by atoms with Crippen molar-refractivity contribution in [2.75, 3.05) is 6.61 Å². The molecular weight excluding hydrogens is 276 g/mol. The molecule has 0 amide bonds. The molecule has 112 valence electrons. The SMILES string of the molecule is CC(O)CO.O=C(O)c1ccc2cc(C(=O)O)ccc2c1. The van der Waals surface area contributed by atoms with Crippen molar-refractivity contribution in [3.05, 3.63) is 47.5 Å². The molecule has 0 fully saturated rings. The van der Waals surface area contributed by atoms with Gasteiger partial charge in [0.1, 0.15) is 0 Å². The van der Waals surface area contributed by atoms with Crippen molar-refractivity contribution in [2.45, 2.75) is 13.0 Å². The van der Waals surface area contributed by atoms with Crippen LogP contribution in [0.1, 0.15) is 27.6 Å². The maximum absolute atomic E-state index is 10.7. The van der Waals surface area contributed by atoms with Crippen molar-refractivity contribution < 1.29 is 30.0 Å². The van der Waals surface area contributed by atoms with E-state index >= 15 is 0 Å². The summed E-state index contributed by atoms with van der Waals surface area (Å²) in [4.78, 5) is 21.5. The van der Waals surface area contributed by atoms with Crippen LogP contribution in [0.4, 0.5) is 0 Å². The van der Waals surface area contributed by atoms with Crippen LogP contribution in [0.25, 0.3) is 10.8 Å². The van der Waals surface area contributed by atoms with E-state index in [1.165, 1.54) is 31.2 Å². The highest BCUT2D eigenvalue weighted by Gasteiger charge is 2.06. The zero-order valence-electron chi connectivity index (χ0n) is 11.4. The zero-order valence-corrected chi connectivity index (χ0v) is 11.4. The van der Waals surface area contributed by atoms with Crippen LogP contribution >= 0.6 is 0 Å². The molecule has 0 radical (unpaired) electrons. The lowest BCUT2D eigenvalue weighted by Gasteiger charge is -2.01. The third-order valence-corrected chi connectivity index (χ3v) is 2.60. The fourth-order valence-corrected chi connectivity index (χ4v) is 1.51. The molecule has 0 saturated heterocycles. The largest absolute Gasteiger partial charge is 0.478 e. The second-order valence-electron chi connectivity index (χ2n) is 4.42. The first-order valence-corrected chi connectivity index (χ1v) is 6.14. The van der Waals surface area contributed by atoms with Gasteiger partial charge >= 0.3 is 11.9 Å². The average Bonchev–Trinajstić information content (AvgIpc) is 2.46. The van der Waals surface area contributed by atoms with Gasteiger partial charge in [-0.2, -0.15) is 0 Å². The minimum absolute atomic E-state index is 0.139. The number of carboxylic acids is 2. The van der Waals surface area contributed by atoms with Crippen molar-refractivity contribution in [2.24, 2.45) is 0 Å². The third-order valence-electron chi connectivity index (χ3n) is 2.60. The fraction of sp³-hybridized carbons (Fsp3) is 0.200. The van der Waals surface area contributed by atoms with Crippen LogP contribution in [0.5, 0.6) is 0 Å². The van der Waals surface area contributed by atoms with Crippen LogP contribution < -0.4 is 0 Å². The van der Waals surface area contributed by atoms with Crippen molar-refractivity contribution in [3.63, 3.8) is 0 Å². The second kappa shape index (κ2) is 7.37. The first-order chi connectivity index (χ1) is 9.85. The van der Waals surface area contributed by atoms with Gasteiger partial charge in [0, 0.05) is 0 Å². The number of hydrogen-bond donors (Lipinski definition) is 4. The lowest BCUT2D eigenvalue weighted by molar-refractivity contribution is 0.0686. The summed E-state index contributed by atoms with van der Waals surface area (Å²) in [5.41, 5.74) is 0.381. The Morgan fingerprint density at radius 3 is 1.52 bits per heavy atom. The molecule has 2 aromatic carbocycles. The van der Waals surface area contributed by atoms with Gasteiger partial charge < -0.3 is 20.4 Å². The quantitative estimate of drug-likeness (QED) is 0.683. The highest BCUT2D eigenvalue weighted by molar-refractivity contribution is 5.97. The van der Waals surface area contributed by atoms with Gasteiger partial charge in [-0.15, -0.1) is 0 Å². The lowest BCUT2D eigenvalue weighted by atomic mass is 10.0. The Morgan fingerprint density at radius 1 is 0.952 bits per heavy atom. The summed E-state index contributed by atoms with van der Waals surface area (Å²) in [5, 5.41) is 35.0. The predicted molar refractivity (Wildman–Crippen MR) is 76.6 cm³/mol. The Hall–Kier alpha value is -2.44. The molecule has 0 aliphatic heterocycles. The van der Waals surface area contributed by atoms with E-state index < -0.39 is 18.0 Å². The standard InChI is InChI=1S/C12H8O4.C3H8O2/c13-11(14)9-3-1-7-5-10(12(15)16)4-2-8(7)6-9;1-3(5)2-4/h1-6H,(H,13,14)(H,15,16);3-5H,2H2,1H3. The third kappa shape index (κ3) is 4.87. The number of carboxylic acid groups (broad SMARTS) is 2. The molecule has 6 heteroatoms. The number of aromatic carboxylic acids is 2. The summed E-state index contributed by atoms with van der Waals surface area (Å²) in [7, 11) is 0.